The van der Waals surface area contributed by atoms with E-state index in [0.29, 0.717) is 75.5 Å². The van der Waals surface area contributed by atoms with Gasteiger partial charge in [-0.1, -0.05) is 140 Å². The van der Waals surface area contributed by atoms with E-state index < -0.39 is 149 Å². The number of fused-ring (bicyclic) bond motifs is 14. The first-order valence-electron chi connectivity index (χ1n) is 48.6. The number of ether oxygens (including phenoxy) is 9. The SMILES string of the molecule is CCCC1O[C@@H]2C[C@H]3[C@@H]4CCC5=CC(=O)C=C[C@]5(C)[C@H]4[C@@H](O)C[C@]3(C)[C@]2(C(=O)COP(=O)(O)OCc2ccc(CC(=O)[C@H](CCCNC(N)=O)NC(=O)[C@@H](CC(=O)COC3C#CCCCCC3)C(C)C)cc2)O1.CCCC1O[C@@H]2C[C@H]3[C@@H]4CCC5=CC(=O)C=C[C@]5(C)[C@H]4[C@@H](O)C[C@]3(C)[C@]2(C(=O)COP(=O)(O)OP(=O)(O)OCCOCCOCCOCCNC(=O)COC2C#CCCCCC2)O1.S.S. The zero-order valence-corrected chi connectivity index (χ0v) is 85.3. The fourth-order valence-electron chi connectivity index (χ4n) is 23.6. The molecule has 6 saturated carbocycles. The number of phosphoric acid groups is 3. The molecule has 4 amide bonds. The number of carbonyl (C=O) groups excluding carboxylic acids is 9. The minimum atomic E-state index is -5.35. The van der Waals surface area contributed by atoms with Gasteiger partial charge < -0.3 is 89.2 Å². The fraction of sp³-hybridized carbons (Fsp3) is 0.724. The fourth-order valence-corrected chi connectivity index (χ4v) is 26.3. The number of Topliss-reactive ketones (excluding diaryl/α,β-unsaturated/α-hetero) is 4. The van der Waals surface area contributed by atoms with Crippen LogP contribution in [0.3, 0.4) is 0 Å². The molecule has 40 heteroatoms. The maximum atomic E-state index is 14.7. The van der Waals surface area contributed by atoms with E-state index in [1.165, 1.54) is 0 Å². The number of carbonyl (C=O) groups is 9. The number of benzene rings is 1. The summed E-state index contributed by atoms with van der Waals surface area (Å²) in [5, 5.41) is 32.1. The second-order valence-electron chi connectivity index (χ2n) is 39.4. The van der Waals surface area contributed by atoms with Crippen molar-refractivity contribution in [2.24, 2.45) is 74.7 Å². The van der Waals surface area contributed by atoms with E-state index in [4.69, 9.17) is 66.5 Å². The van der Waals surface area contributed by atoms with E-state index in [-0.39, 0.29) is 208 Å². The Kier molecular flexibility index (Phi) is 42.0. The monoisotopic (exact) mass is 2030 g/mol. The number of allylic oxidation sites excluding steroid dienone is 8. The van der Waals surface area contributed by atoms with Crippen LogP contribution in [0.15, 0.2) is 71.9 Å². The molecular formula is C98H145N4O31P3S2. The van der Waals surface area contributed by atoms with Crippen molar-refractivity contribution in [2.45, 2.75) is 295 Å². The lowest BCUT2D eigenvalue weighted by molar-refractivity contribution is -0.200. The van der Waals surface area contributed by atoms with E-state index in [9.17, 15) is 81.7 Å². The molecule has 2 saturated heterocycles. The Morgan fingerprint density at radius 1 is 0.580 bits per heavy atom. The molecule has 0 radical (unpaired) electrons. The van der Waals surface area contributed by atoms with Gasteiger partial charge in [-0.25, -0.2) is 18.5 Å². The van der Waals surface area contributed by atoms with Gasteiger partial charge in [0.2, 0.25) is 11.8 Å². The average molecular weight is 2030 g/mol. The van der Waals surface area contributed by atoms with Gasteiger partial charge in [-0.15, -0.1) is 11.8 Å². The number of urea groups is 1. The largest absolute Gasteiger partial charge is 0.481 e. The third-order valence-electron chi connectivity index (χ3n) is 30.2. The highest BCUT2D eigenvalue weighted by molar-refractivity contribution is 7.61. The number of ketones is 6. The van der Waals surface area contributed by atoms with Crippen LogP contribution in [-0.2, 0) is 130 Å². The van der Waals surface area contributed by atoms with Gasteiger partial charge in [0.05, 0.1) is 83.3 Å². The molecule has 138 heavy (non-hydrogen) atoms. The lowest BCUT2D eigenvalue weighted by Gasteiger charge is -2.59. The summed E-state index contributed by atoms with van der Waals surface area (Å²) < 4.78 is 118. The highest BCUT2D eigenvalue weighted by Gasteiger charge is 2.78. The Morgan fingerprint density at radius 3 is 1.56 bits per heavy atom. The average Bonchev–Trinajstić information content (AvgIpc) is 1.51. The van der Waals surface area contributed by atoms with Crippen LogP contribution >= 0.6 is 50.5 Å². The Morgan fingerprint density at radius 2 is 1.06 bits per heavy atom. The maximum Gasteiger partial charge on any atom is 0.481 e. The molecule has 10 aliphatic carbocycles. The van der Waals surface area contributed by atoms with E-state index in [1.54, 1.807) is 48.6 Å². The molecule has 770 valence electrons. The number of phosphoric ester groups is 3. The smallest absolute Gasteiger partial charge is 0.393 e. The number of aliphatic hydroxyl groups is 2. The first-order chi connectivity index (χ1) is 64.7. The van der Waals surface area contributed by atoms with Gasteiger partial charge in [-0.2, -0.15) is 31.3 Å². The predicted molar refractivity (Wildman–Crippen MR) is 514 cm³/mol. The molecule has 35 nitrogen and oxygen atoms in total. The Labute approximate surface area is 823 Å². The zero-order valence-electron chi connectivity index (χ0n) is 80.6. The van der Waals surface area contributed by atoms with Gasteiger partial charge in [0.1, 0.15) is 38.6 Å². The number of rotatable bonds is 48. The van der Waals surface area contributed by atoms with Crippen LogP contribution in [0.2, 0.25) is 0 Å². The van der Waals surface area contributed by atoms with Gasteiger partial charge >= 0.3 is 29.5 Å². The first kappa shape index (κ1) is 114. The van der Waals surface area contributed by atoms with Crippen LogP contribution in [0, 0.1) is 92.7 Å². The van der Waals surface area contributed by atoms with Crippen molar-refractivity contribution >= 4 is 103 Å². The molecule has 12 aliphatic rings. The third-order valence-corrected chi connectivity index (χ3v) is 33.7. The van der Waals surface area contributed by atoms with Crippen LogP contribution in [-0.4, -0.2) is 230 Å². The van der Waals surface area contributed by atoms with Gasteiger partial charge in [0, 0.05) is 78.2 Å². The highest BCUT2D eigenvalue weighted by atomic mass is 32.1. The standard InChI is InChI=1S/C55H76N3O14P.C43H65NO17P2.2H2S/c1-6-13-49-71-48-29-43-41-22-21-37-27-38(59)23-24-53(37,4)50(41)46(62)30-54(43,5)55(48,72-49)47(63)33-70-73(66,67)69-31-36-19-17-35(18-20-36)26-45(61)44(16-12-25-57-52(56)65)58-51(64)42(34(2)3)28-39(60)32-68-40-14-10-8-7-9-11-15-40;1-4-10-39-59-37-26-34-33-14-13-30-25-31(45)15-16-41(30,2)40(33)35(46)27-42(34,3)43(37,60-39)36(47)28-58-63(51,52)61-62(49,50)57-24-23-55-22-21-54-20-19-53-18-17-44-38(48)29-56-32-11-8-6-5-7-9-12-32;;/h17-20,23-24,27,34,40-44,46,48-50,62H,6-10,12-14,16,21-22,25-26,28-33H2,1-5H3,(H,58,64)(H,66,67)(H3,56,57,65);15-16,25,32-35,37,39-40,46H,4-8,10-11,13-14,17-24,26-29H2,1-3H3,(H,44,48)(H,49,50)(H,51,52);2*1H2/t40?,41-,42-,43-,44-,46-,48+,49?,50+,53-,54-,55+;32?,33-,34-,35-,37+,39?,40+,41-,42-,43+;;/m00../s1. The maximum absolute atomic E-state index is 14.7. The van der Waals surface area contributed by atoms with E-state index in [1.807, 2.05) is 60.6 Å². The summed E-state index contributed by atoms with van der Waals surface area (Å²) in [6, 6.07) is 4.90. The number of primary amides is 1. The van der Waals surface area contributed by atoms with Crippen molar-refractivity contribution in [1.82, 2.24) is 16.0 Å². The van der Waals surface area contributed by atoms with Crippen molar-refractivity contribution in [3.8, 4) is 23.7 Å². The molecule has 0 spiro atoms. The number of hydrogen-bond acceptors (Lipinski definition) is 28. The summed E-state index contributed by atoms with van der Waals surface area (Å²) in [6.45, 7) is 14.1. The van der Waals surface area contributed by atoms with Crippen LogP contribution in [0.4, 0.5) is 4.79 Å². The van der Waals surface area contributed by atoms with Gasteiger partial charge in [0.25, 0.3) is 0 Å². The highest BCUT2D eigenvalue weighted by Crippen LogP contribution is 2.73. The number of hydrogen-bond donors (Lipinski definition) is 9. The normalized spacial score (nSPS) is 33.0. The van der Waals surface area contributed by atoms with E-state index in [2.05, 4.69) is 50.9 Å². The minimum Gasteiger partial charge on any atom is -0.393 e. The number of amides is 4. The van der Waals surface area contributed by atoms with Crippen molar-refractivity contribution in [2.75, 3.05) is 85.8 Å². The number of aliphatic hydroxyl groups excluding tert-OH is 2. The summed E-state index contributed by atoms with van der Waals surface area (Å²) in [5.41, 5.74) is 2.17. The Balaban J connectivity index is 0.000000284. The number of nitrogens with one attached hydrogen (secondary N) is 3. The molecule has 0 bridgehead atoms. The molecule has 2 heterocycles. The summed E-state index contributed by atoms with van der Waals surface area (Å²) >= 11 is 0. The zero-order chi connectivity index (χ0) is 98.0. The molecule has 25 atom stereocenters. The summed E-state index contributed by atoms with van der Waals surface area (Å²) in [4.78, 5) is 149. The summed E-state index contributed by atoms with van der Waals surface area (Å²) in [7, 11) is -15.3. The predicted octanol–water partition coefficient (Wildman–Crippen LogP) is 11.4. The lowest BCUT2D eigenvalue weighted by Crippen LogP contribution is -2.63. The molecule has 1 aromatic rings. The topological polar surface area (TPSA) is 497 Å². The van der Waals surface area contributed by atoms with E-state index >= 15 is 0 Å². The van der Waals surface area contributed by atoms with Crippen LogP contribution in [0.5, 0.6) is 0 Å². The second-order valence-corrected chi connectivity index (χ2v) is 43.9. The summed E-state index contributed by atoms with van der Waals surface area (Å²) in [5.74, 6) is 8.07. The van der Waals surface area contributed by atoms with E-state index in [0.717, 1.165) is 88.2 Å². The van der Waals surface area contributed by atoms with Crippen LogP contribution in [0.1, 0.15) is 227 Å². The quantitative estimate of drug-likeness (QED) is 0.0166. The molecular weight excluding hydrogens is 1890 g/mol. The van der Waals surface area contributed by atoms with Crippen molar-refractivity contribution in [3.63, 3.8) is 0 Å². The van der Waals surface area contributed by atoms with Crippen molar-refractivity contribution in [1.29, 1.82) is 0 Å². The Hall–Kier alpha value is -5.84. The molecule has 13 rings (SSSR count). The minimum absolute atomic E-state index is 0. The first-order valence-corrected chi connectivity index (χ1v) is 53.1. The molecule has 8 fully saturated rings. The molecule has 10 N–H and O–H groups in total. The molecule has 2 aliphatic heterocycles. The van der Waals surface area contributed by atoms with Gasteiger partial charge in [0.15, 0.2) is 58.5 Å². The van der Waals surface area contributed by atoms with Crippen molar-refractivity contribution < 1.29 is 147 Å². The Bertz CT molecular complexity index is 4840. The lowest BCUT2D eigenvalue weighted by atomic mass is 9.46. The summed E-state index contributed by atoms with van der Waals surface area (Å²) in [6.07, 6.45) is 21.7. The second kappa shape index (κ2) is 50.8. The molecule has 7 unspecified atom stereocenters. The third kappa shape index (κ3) is 27.7. The van der Waals surface area contributed by atoms with Crippen LogP contribution < -0.4 is 21.7 Å². The van der Waals surface area contributed by atoms with Crippen molar-refractivity contribution in [3.05, 3.63) is 83.0 Å². The molecule has 0 aromatic heterocycles. The number of nitrogens with two attached hydrogens (primary N) is 1. The van der Waals surface area contributed by atoms with Gasteiger partial charge in [-0.3, -0.25) is 56.5 Å². The van der Waals surface area contributed by atoms with Gasteiger partial charge in [-0.05, 0) is 181 Å². The molecule has 1 aromatic carbocycles. The van der Waals surface area contributed by atoms with Crippen LogP contribution in [0.25, 0.3) is 0 Å².